The summed E-state index contributed by atoms with van der Waals surface area (Å²) < 4.78 is 36.8. The van der Waals surface area contributed by atoms with Gasteiger partial charge in [0.25, 0.3) is 10.0 Å². The molecule has 2 heterocycles. The quantitative estimate of drug-likeness (QED) is 0.324. The highest BCUT2D eigenvalue weighted by Gasteiger charge is 2.40. The number of fused-ring (bicyclic) bond motifs is 3. The molecule has 0 N–H and O–H groups in total. The molecular formula is C29H28N2O4S. The van der Waals surface area contributed by atoms with E-state index in [1.54, 1.807) is 37.4 Å². The van der Waals surface area contributed by atoms with Crippen LogP contribution in [0.25, 0.3) is 16.5 Å². The number of para-hydroxylation sites is 1. The van der Waals surface area contributed by atoms with Gasteiger partial charge in [0.15, 0.2) is 0 Å². The molecule has 184 valence electrons. The lowest BCUT2D eigenvalue weighted by Gasteiger charge is -2.35. The predicted octanol–water partition coefficient (Wildman–Crippen LogP) is 5.57. The topological polar surface area (TPSA) is 68.6 Å². The summed E-state index contributed by atoms with van der Waals surface area (Å²) >= 11 is 0. The van der Waals surface area contributed by atoms with Crippen LogP contribution in [-0.2, 0) is 26.6 Å². The number of hydrogen-bond acceptors (Lipinski definition) is 4. The first kappa shape index (κ1) is 23.9. The van der Waals surface area contributed by atoms with Crippen molar-refractivity contribution in [3.8, 4) is 0 Å². The van der Waals surface area contributed by atoms with E-state index >= 15 is 0 Å². The fraction of sp³-hybridized carbons (Fsp3) is 0.207. The Balaban J connectivity index is 1.81. The molecule has 0 amide bonds. The fourth-order valence-electron chi connectivity index (χ4n) is 4.96. The number of benzene rings is 3. The molecular weight excluding hydrogens is 472 g/mol. The number of aromatic nitrogens is 1. The lowest BCUT2D eigenvalue weighted by molar-refractivity contribution is -0.144. The van der Waals surface area contributed by atoms with Crippen molar-refractivity contribution < 1.29 is 17.9 Å². The first-order valence-electron chi connectivity index (χ1n) is 11.9. The molecule has 1 unspecified atom stereocenters. The van der Waals surface area contributed by atoms with Gasteiger partial charge in [0.1, 0.15) is 0 Å². The Morgan fingerprint density at radius 1 is 0.944 bits per heavy atom. The number of hydrogen-bond donors (Lipinski definition) is 0. The van der Waals surface area contributed by atoms with Crippen molar-refractivity contribution in [2.24, 2.45) is 7.05 Å². The molecule has 0 fully saturated rings. The standard InChI is InChI=1S/C29H28N2O4S/c1-4-35-27(32)18-26-29-28(23-12-8-9-13-25(23)30(29)3)24(21-10-6-5-7-11-21)19-31(26)36(33,34)22-16-14-20(2)15-17-22/h5-17,19,26H,4,18H2,1-3H3. The van der Waals surface area contributed by atoms with Gasteiger partial charge in [0.05, 0.1) is 29.7 Å². The number of carbonyl (C=O) groups excluding carboxylic acids is 1. The van der Waals surface area contributed by atoms with Crippen LogP contribution in [-0.4, -0.2) is 29.9 Å². The van der Waals surface area contributed by atoms with Gasteiger partial charge < -0.3 is 9.30 Å². The van der Waals surface area contributed by atoms with Crippen molar-refractivity contribution in [2.45, 2.75) is 31.2 Å². The number of carbonyl (C=O) groups is 1. The minimum Gasteiger partial charge on any atom is -0.466 e. The highest BCUT2D eigenvalue weighted by molar-refractivity contribution is 7.89. The normalized spacial score (nSPS) is 15.5. The van der Waals surface area contributed by atoms with Crippen LogP contribution in [0, 0.1) is 6.92 Å². The maximum Gasteiger partial charge on any atom is 0.308 e. The summed E-state index contributed by atoms with van der Waals surface area (Å²) in [6.45, 7) is 3.88. The van der Waals surface area contributed by atoms with Crippen molar-refractivity contribution in [1.82, 2.24) is 8.87 Å². The van der Waals surface area contributed by atoms with Crippen molar-refractivity contribution >= 4 is 32.5 Å². The van der Waals surface area contributed by atoms with E-state index in [0.717, 1.165) is 38.9 Å². The van der Waals surface area contributed by atoms with Crippen molar-refractivity contribution in [2.75, 3.05) is 6.61 Å². The van der Waals surface area contributed by atoms with E-state index in [4.69, 9.17) is 4.74 Å². The van der Waals surface area contributed by atoms with Crippen LogP contribution in [0.3, 0.4) is 0 Å². The number of esters is 1. The van der Waals surface area contributed by atoms with Crippen LogP contribution >= 0.6 is 0 Å². The number of sulfonamides is 1. The van der Waals surface area contributed by atoms with Gasteiger partial charge in [-0.1, -0.05) is 66.2 Å². The second-order valence-electron chi connectivity index (χ2n) is 8.92. The minimum atomic E-state index is -3.99. The van der Waals surface area contributed by atoms with Crippen molar-refractivity contribution in [1.29, 1.82) is 0 Å². The summed E-state index contributed by atoms with van der Waals surface area (Å²) in [5, 5.41) is 1.01. The highest BCUT2D eigenvalue weighted by Crippen LogP contribution is 2.46. The van der Waals surface area contributed by atoms with Crippen molar-refractivity contribution in [3.63, 3.8) is 0 Å². The lowest BCUT2D eigenvalue weighted by Crippen LogP contribution is -2.36. The third-order valence-electron chi connectivity index (χ3n) is 6.65. The second-order valence-corrected chi connectivity index (χ2v) is 10.8. The Morgan fingerprint density at radius 2 is 1.61 bits per heavy atom. The van der Waals surface area contributed by atoms with Crippen LogP contribution in [0.15, 0.2) is 90.0 Å². The summed E-state index contributed by atoms with van der Waals surface area (Å²) in [5.74, 6) is -0.445. The summed E-state index contributed by atoms with van der Waals surface area (Å²) in [5.41, 5.74) is 5.32. The smallest absolute Gasteiger partial charge is 0.308 e. The van der Waals surface area contributed by atoms with Gasteiger partial charge in [-0.05, 0) is 37.6 Å². The highest BCUT2D eigenvalue weighted by atomic mass is 32.2. The minimum absolute atomic E-state index is 0.103. The Labute approximate surface area is 211 Å². The number of nitrogens with zero attached hydrogens (tertiary/aromatic N) is 2. The van der Waals surface area contributed by atoms with E-state index in [9.17, 15) is 13.2 Å². The first-order valence-corrected chi connectivity index (χ1v) is 13.4. The molecule has 1 aliphatic rings. The molecule has 0 spiro atoms. The fourth-order valence-corrected chi connectivity index (χ4v) is 6.44. The van der Waals surface area contributed by atoms with E-state index in [1.165, 1.54) is 4.31 Å². The molecule has 5 rings (SSSR count). The average molecular weight is 501 g/mol. The largest absolute Gasteiger partial charge is 0.466 e. The second kappa shape index (κ2) is 9.32. The molecule has 0 radical (unpaired) electrons. The monoisotopic (exact) mass is 500 g/mol. The third-order valence-corrected chi connectivity index (χ3v) is 8.43. The SMILES string of the molecule is CCOC(=O)CC1c2c(c3ccccc3n2C)C(c2ccccc2)=CN1S(=O)(=O)c1ccc(C)cc1. The lowest BCUT2D eigenvalue weighted by atomic mass is 9.90. The van der Waals surface area contributed by atoms with E-state index in [0.29, 0.717) is 0 Å². The van der Waals surface area contributed by atoms with Gasteiger partial charge in [-0.3, -0.25) is 9.10 Å². The van der Waals surface area contributed by atoms with Gasteiger partial charge in [0.2, 0.25) is 0 Å². The van der Waals surface area contributed by atoms with Crippen molar-refractivity contribution in [3.05, 3.63) is 107 Å². The maximum absolute atomic E-state index is 14.1. The van der Waals surface area contributed by atoms with Gasteiger partial charge >= 0.3 is 5.97 Å². The molecule has 1 aromatic heterocycles. The Kier molecular flexibility index (Phi) is 6.18. The Bertz CT molecular complexity index is 1570. The predicted molar refractivity (Wildman–Crippen MR) is 141 cm³/mol. The summed E-state index contributed by atoms with van der Waals surface area (Å²) in [6, 6.07) is 23.7. The van der Waals surface area contributed by atoms with Gasteiger partial charge in [0, 0.05) is 35.3 Å². The van der Waals surface area contributed by atoms with E-state index in [-0.39, 0.29) is 17.9 Å². The zero-order chi connectivity index (χ0) is 25.4. The van der Waals surface area contributed by atoms with Crippen LogP contribution in [0.1, 0.15) is 41.8 Å². The van der Waals surface area contributed by atoms with Gasteiger partial charge in [-0.25, -0.2) is 8.42 Å². The van der Waals surface area contributed by atoms with E-state index < -0.39 is 22.0 Å². The van der Waals surface area contributed by atoms with E-state index in [1.807, 2.05) is 73.1 Å². The van der Waals surface area contributed by atoms with Crippen LogP contribution in [0.4, 0.5) is 0 Å². The molecule has 7 heteroatoms. The zero-order valence-corrected chi connectivity index (χ0v) is 21.3. The molecule has 0 aliphatic carbocycles. The summed E-state index contributed by atoms with van der Waals surface area (Å²) in [4.78, 5) is 13.0. The Hall–Kier alpha value is -3.84. The maximum atomic E-state index is 14.1. The molecule has 36 heavy (non-hydrogen) atoms. The van der Waals surface area contributed by atoms with Crippen LogP contribution in [0.2, 0.25) is 0 Å². The van der Waals surface area contributed by atoms with Crippen LogP contribution < -0.4 is 0 Å². The van der Waals surface area contributed by atoms with Gasteiger partial charge in [-0.2, -0.15) is 0 Å². The average Bonchev–Trinajstić information content (AvgIpc) is 3.18. The molecule has 0 saturated carbocycles. The zero-order valence-electron chi connectivity index (χ0n) is 20.5. The van der Waals surface area contributed by atoms with Gasteiger partial charge in [-0.15, -0.1) is 0 Å². The molecule has 4 aromatic rings. The number of ether oxygens (including phenoxy) is 1. The first-order chi connectivity index (χ1) is 17.3. The molecule has 0 bridgehead atoms. The molecule has 1 aliphatic heterocycles. The van der Waals surface area contributed by atoms with E-state index in [2.05, 4.69) is 0 Å². The number of rotatable bonds is 6. The summed E-state index contributed by atoms with van der Waals surface area (Å²) in [6.07, 6.45) is 1.58. The third kappa shape index (κ3) is 3.99. The molecule has 0 saturated heterocycles. The Morgan fingerprint density at radius 3 is 2.31 bits per heavy atom. The molecule has 1 atom stereocenters. The molecule has 6 nitrogen and oxygen atoms in total. The summed E-state index contributed by atoms with van der Waals surface area (Å²) in [7, 11) is -2.07. The van der Waals surface area contributed by atoms with Crippen LogP contribution in [0.5, 0.6) is 0 Å². The molecule has 3 aromatic carbocycles. The number of aryl methyl sites for hydroxylation is 2.